The van der Waals surface area contributed by atoms with Gasteiger partial charge < -0.3 is 9.84 Å². The Morgan fingerprint density at radius 2 is 1.69 bits per heavy atom. The molecule has 0 atom stereocenters. The molecule has 0 spiro atoms. The lowest BCUT2D eigenvalue weighted by atomic mass is 10.3. The average molecular weight is 196 g/mol. The van der Waals surface area contributed by atoms with E-state index >= 15 is 0 Å². The zero-order valence-electron chi connectivity index (χ0n) is 6.10. The fourth-order valence-corrected chi connectivity index (χ4v) is 0.724. The maximum atomic E-state index is 12.6. The van der Waals surface area contributed by atoms with E-state index in [2.05, 4.69) is 4.74 Å². The van der Waals surface area contributed by atoms with Gasteiger partial charge in [-0.25, -0.2) is 8.78 Å². The molecule has 0 amide bonds. The van der Waals surface area contributed by atoms with Gasteiger partial charge in [0.1, 0.15) is 0 Å². The van der Waals surface area contributed by atoms with Gasteiger partial charge in [0.05, 0.1) is 0 Å². The Bertz CT molecular complexity index is 314. The van der Waals surface area contributed by atoms with Gasteiger partial charge in [-0.15, -0.1) is 0 Å². The first-order chi connectivity index (χ1) is 6.02. The summed E-state index contributed by atoms with van der Waals surface area (Å²) in [5.41, 5.74) is 0. The summed E-state index contributed by atoms with van der Waals surface area (Å²) in [7, 11) is 0. The lowest BCUT2D eigenvalue weighted by molar-refractivity contribution is -0.0539. The van der Waals surface area contributed by atoms with Crippen molar-refractivity contribution < 1.29 is 27.4 Å². The number of hydrogen-bond donors (Lipinski definition) is 1. The topological polar surface area (TPSA) is 29.5 Å². The molecule has 0 unspecified atom stereocenters. The van der Waals surface area contributed by atoms with Crippen molar-refractivity contribution in [1.29, 1.82) is 0 Å². The van der Waals surface area contributed by atoms with Crippen molar-refractivity contribution in [1.82, 2.24) is 0 Å². The molecule has 0 bridgehead atoms. The molecule has 1 rings (SSSR count). The molecular formula is C7H4F4O2. The molecule has 2 nitrogen and oxygen atoms in total. The molecule has 0 aliphatic rings. The van der Waals surface area contributed by atoms with E-state index in [1.165, 1.54) is 0 Å². The van der Waals surface area contributed by atoms with E-state index in [4.69, 9.17) is 5.11 Å². The van der Waals surface area contributed by atoms with Gasteiger partial charge in [-0.05, 0) is 12.1 Å². The minimum absolute atomic E-state index is 0.576. The van der Waals surface area contributed by atoms with E-state index in [9.17, 15) is 17.6 Å². The molecule has 0 radical (unpaired) electrons. The largest absolute Gasteiger partial charge is 0.502 e. The zero-order valence-corrected chi connectivity index (χ0v) is 6.10. The first kappa shape index (κ1) is 9.63. The summed E-state index contributed by atoms with van der Waals surface area (Å²) in [6, 6.07) is 1.18. The first-order valence-electron chi connectivity index (χ1n) is 3.14. The maximum Gasteiger partial charge on any atom is 0.387 e. The van der Waals surface area contributed by atoms with Crippen LogP contribution >= 0.6 is 0 Å². The number of alkyl halides is 2. The smallest absolute Gasteiger partial charge is 0.387 e. The van der Waals surface area contributed by atoms with Crippen LogP contribution in [0.1, 0.15) is 0 Å². The second kappa shape index (κ2) is 3.51. The predicted molar refractivity (Wildman–Crippen MR) is 34.7 cm³/mol. The highest BCUT2D eigenvalue weighted by Crippen LogP contribution is 2.32. The molecule has 0 aliphatic heterocycles. The van der Waals surface area contributed by atoms with Crippen molar-refractivity contribution in [2.75, 3.05) is 0 Å². The maximum absolute atomic E-state index is 12.6. The highest BCUT2D eigenvalue weighted by atomic mass is 19.3. The van der Waals surface area contributed by atoms with Crippen molar-refractivity contribution >= 4 is 0 Å². The molecule has 1 aromatic rings. The van der Waals surface area contributed by atoms with Gasteiger partial charge in [0, 0.05) is 0 Å². The van der Waals surface area contributed by atoms with Crippen LogP contribution in [-0.4, -0.2) is 11.7 Å². The number of phenolic OH excluding ortho intramolecular Hbond substituents is 1. The lowest BCUT2D eigenvalue weighted by Crippen LogP contribution is -2.04. The Morgan fingerprint density at radius 3 is 2.23 bits per heavy atom. The van der Waals surface area contributed by atoms with Crippen LogP contribution in [0.25, 0.3) is 0 Å². The van der Waals surface area contributed by atoms with Crippen LogP contribution in [0.15, 0.2) is 12.1 Å². The number of rotatable bonds is 2. The van der Waals surface area contributed by atoms with Gasteiger partial charge in [-0.3, -0.25) is 0 Å². The summed E-state index contributed by atoms with van der Waals surface area (Å²) in [6.07, 6.45) is 0. The summed E-state index contributed by atoms with van der Waals surface area (Å²) in [5, 5.41) is 8.75. The van der Waals surface area contributed by atoms with Crippen molar-refractivity contribution in [2.45, 2.75) is 6.61 Å². The molecule has 0 saturated heterocycles. The Balaban J connectivity index is 3.10. The van der Waals surface area contributed by atoms with Crippen LogP contribution in [-0.2, 0) is 0 Å². The standard InChI is InChI=1S/C7H4F4O2/c8-3-1-2-4(9)6(5(3)12)13-7(10)11/h1-2,7,12H. The summed E-state index contributed by atoms with van der Waals surface area (Å²) in [4.78, 5) is 0. The van der Waals surface area contributed by atoms with Gasteiger partial charge in [-0.1, -0.05) is 0 Å². The molecule has 0 aromatic heterocycles. The van der Waals surface area contributed by atoms with Crippen molar-refractivity contribution in [2.24, 2.45) is 0 Å². The molecule has 72 valence electrons. The van der Waals surface area contributed by atoms with Crippen molar-refractivity contribution in [3.63, 3.8) is 0 Å². The molecule has 1 N–H and O–H groups in total. The Labute approximate surface area is 70.4 Å². The second-order valence-corrected chi connectivity index (χ2v) is 2.09. The molecule has 0 aliphatic carbocycles. The summed E-state index contributed by atoms with van der Waals surface area (Å²) < 4.78 is 51.8. The molecule has 0 fully saturated rings. The monoisotopic (exact) mass is 196 g/mol. The normalized spacial score (nSPS) is 10.5. The van der Waals surface area contributed by atoms with Gasteiger partial charge >= 0.3 is 6.61 Å². The molecule has 13 heavy (non-hydrogen) atoms. The highest BCUT2D eigenvalue weighted by molar-refractivity contribution is 5.40. The fraction of sp³-hybridized carbons (Fsp3) is 0.143. The molecule has 6 heteroatoms. The van der Waals surface area contributed by atoms with E-state index in [-0.39, 0.29) is 0 Å². The number of phenols is 1. The van der Waals surface area contributed by atoms with Crippen LogP contribution in [0.3, 0.4) is 0 Å². The van der Waals surface area contributed by atoms with Crippen LogP contribution < -0.4 is 4.74 Å². The van der Waals surface area contributed by atoms with Gasteiger partial charge in [-0.2, -0.15) is 8.78 Å². The Morgan fingerprint density at radius 1 is 1.15 bits per heavy atom. The van der Waals surface area contributed by atoms with Crippen LogP contribution in [0.2, 0.25) is 0 Å². The summed E-state index contributed by atoms with van der Waals surface area (Å²) in [5.74, 6) is -4.92. The number of hydrogen-bond acceptors (Lipinski definition) is 2. The number of benzene rings is 1. The van der Waals surface area contributed by atoms with Crippen LogP contribution in [0.5, 0.6) is 11.5 Å². The predicted octanol–water partition coefficient (Wildman–Crippen LogP) is 2.27. The van der Waals surface area contributed by atoms with E-state index in [1.54, 1.807) is 0 Å². The third-order valence-corrected chi connectivity index (χ3v) is 1.24. The average Bonchev–Trinajstić information content (AvgIpc) is 2.05. The fourth-order valence-electron chi connectivity index (χ4n) is 0.724. The Hall–Kier alpha value is -1.46. The lowest BCUT2D eigenvalue weighted by Gasteiger charge is -2.07. The van der Waals surface area contributed by atoms with Gasteiger partial charge in [0.15, 0.2) is 17.4 Å². The quantitative estimate of drug-likeness (QED) is 0.735. The van der Waals surface area contributed by atoms with Gasteiger partial charge in [0.2, 0.25) is 5.75 Å². The number of halogens is 4. The minimum Gasteiger partial charge on any atom is -0.502 e. The van der Waals surface area contributed by atoms with E-state index < -0.39 is 29.7 Å². The van der Waals surface area contributed by atoms with Crippen molar-refractivity contribution in [3.05, 3.63) is 23.8 Å². The minimum atomic E-state index is -3.32. The molecule has 0 heterocycles. The van der Waals surface area contributed by atoms with E-state index in [0.717, 1.165) is 0 Å². The summed E-state index contributed by atoms with van der Waals surface area (Å²) >= 11 is 0. The number of aromatic hydroxyl groups is 1. The van der Waals surface area contributed by atoms with Crippen molar-refractivity contribution in [3.8, 4) is 11.5 Å². The molecule has 1 aromatic carbocycles. The summed E-state index contributed by atoms with van der Waals surface area (Å²) in [6.45, 7) is -3.32. The van der Waals surface area contributed by atoms with Crippen LogP contribution in [0.4, 0.5) is 17.6 Å². The van der Waals surface area contributed by atoms with Gasteiger partial charge in [0.25, 0.3) is 0 Å². The highest BCUT2D eigenvalue weighted by Gasteiger charge is 2.17. The molecular weight excluding hydrogens is 192 g/mol. The third kappa shape index (κ3) is 2.01. The Kier molecular flexibility index (Phi) is 2.60. The first-order valence-corrected chi connectivity index (χ1v) is 3.14. The van der Waals surface area contributed by atoms with Crippen LogP contribution in [0, 0.1) is 11.6 Å². The zero-order chi connectivity index (χ0) is 10.0. The van der Waals surface area contributed by atoms with E-state index in [0.29, 0.717) is 12.1 Å². The number of ether oxygens (including phenoxy) is 1. The third-order valence-electron chi connectivity index (χ3n) is 1.24. The molecule has 0 saturated carbocycles. The SMILES string of the molecule is Oc1c(F)ccc(F)c1OC(F)F. The second-order valence-electron chi connectivity index (χ2n) is 2.09. The van der Waals surface area contributed by atoms with E-state index in [1.807, 2.05) is 0 Å².